The Morgan fingerprint density at radius 2 is 1.71 bits per heavy atom. The Kier molecular flexibility index (Phi) is 7.33. The topological polar surface area (TPSA) is 81.2 Å². The van der Waals surface area contributed by atoms with Gasteiger partial charge in [0.2, 0.25) is 0 Å². The number of anilines is 1. The average Bonchev–Trinajstić information content (AvgIpc) is 2.76. The summed E-state index contributed by atoms with van der Waals surface area (Å²) < 4.78 is 16.1. The molecule has 1 aromatic heterocycles. The molecule has 1 amide bonds. The van der Waals surface area contributed by atoms with E-state index in [4.69, 9.17) is 14.2 Å². The molecule has 8 heteroatoms. The third kappa shape index (κ3) is 7.16. The molecule has 1 aliphatic heterocycles. The second-order valence-corrected chi connectivity index (χ2v) is 8.24. The Hall–Kier alpha value is -3.29. The van der Waals surface area contributed by atoms with Crippen molar-refractivity contribution in [3.63, 3.8) is 0 Å². The van der Waals surface area contributed by atoms with Gasteiger partial charge in [-0.05, 0) is 38.5 Å². The molecule has 8 nitrogen and oxygen atoms in total. The van der Waals surface area contributed by atoms with Crippen molar-refractivity contribution in [1.82, 2.24) is 9.88 Å². The van der Waals surface area contributed by atoms with Gasteiger partial charge in [0.15, 0.2) is 6.61 Å². The number of carbonyl (C=O) groups is 2. The monoisotopic (exact) mass is 427 g/mol. The molecular weight excluding hydrogens is 398 g/mol. The zero-order chi connectivity index (χ0) is 22.3. The predicted octanol–water partition coefficient (Wildman–Crippen LogP) is 3.26. The summed E-state index contributed by atoms with van der Waals surface area (Å²) in [6.07, 6.45) is 1.29. The third-order valence-electron chi connectivity index (χ3n) is 4.58. The number of nitrogens with zero attached hydrogens (tertiary/aromatic N) is 3. The SMILES string of the molecule is CC(C)(C)OC(=O)N1CCN(c2ccc(OCC(=O)OCc3ccccc3)cn2)CC1. The maximum Gasteiger partial charge on any atom is 0.410 e. The number of ether oxygens (including phenoxy) is 3. The highest BCUT2D eigenvalue weighted by atomic mass is 16.6. The Bertz CT molecular complexity index is 857. The fourth-order valence-corrected chi connectivity index (χ4v) is 3.01. The van der Waals surface area contributed by atoms with Crippen molar-refractivity contribution in [3.8, 4) is 5.75 Å². The first-order chi connectivity index (χ1) is 14.8. The number of carbonyl (C=O) groups excluding carboxylic acids is 2. The molecule has 2 aromatic rings. The van der Waals surface area contributed by atoms with E-state index in [0.29, 0.717) is 31.9 Å². The van der Waals surface area contributed by atoms with E-state index in [2.05, 4.69) is 9.88 Å². The molecular formula is C23H29N3O5. The molecule has 2 heterocycles. The van der Waals surface area contributed by atoms with E-state index in [1.807, 2.05) is 57.2 Å². The van der Waals surface area contributed by atoms with Gasteiger partial charge in [-0.25, -0.2) is 14.6 Å². The Balaban J connectivity index is 1.41. The number of hydrogen-bond donors (Lipinski definition) is 0. The van der Waals surface area contributed by atoms with Crippen LogP contribution in [0.15, 0.2) is 48.7 Å². The maximum absolute atomic E-state index is 12.2. The highest BCUT2D eigenvalue weighted by Crippen LogP contribution is 2.19. The molecule has 166 valence electrons. The van der Waals surface area contributed by atoms with Crippen molar-refractivity contribution in [2.24, 2.45) is 0 Å². The van der Waals surface area contributed by atoms with E-state index < -0.39 is 11.6 Å². The van der Waals surface area contributed by atoms with Gasteiger partial charge in [-0.3, -0.25) is 0 Å². The smallest absolute Gasteiger partial charge is 0.410 e. The first-order valence-corrected chi connectivity index (χ1v) is 10.3. The van der Waals surface area contributed by atoms with Gasteiger partial charge in [0.1, 0.15) is 23.8 Å². The lowest BCUT2D eigenvalue weighted by atomic mass is 10.2. The van der Waals surface area contributed by atoms with Crippen LogP contribution >= 0.6 is 0 Å². The first-order valence-electron chi connectivity index (χ1n) is 10.3. The molecule has 1 aromatic carbocycles. The molecule has 1 fully saturated rings. The third-order valence-corrected chi connectivity index (χ3v) is 4.58. The molecule has 0 bridgehead atoms. The predicted molar refractivity (Wildman–Crippen MR) is 116 cm³/mol. The summed E-state index contributed by atoms with van der Waals surface area (Å²) in [6.45, 7) is 8.09. The fourth-order valence-electron chi connectivity index (χ4n) is 3.01. The van der Waals surface area contributed by atoms with Gasteiger partial charge in [-0.2, -0.15) is 0 Å². The van der Waals surface area contributed by atoms with Gasteiger partial charge in [-0.15, -0.1) is 0 Å². The van der Waals surface area contributed by atoms with Crippen LogP contribution < -0.4 is 9.64 Å². The van der Waals surface area contributed by atoms with Crippen molar-refractivity contribution in [2.75, 3.05) is 37.7 Å². The quantitative estimate of drug-likeness (QED) is 0.655. The van der Waals surface area contributed by atoms with Crippen LogP contribution in [-0.4, -0.2) is 60.3 Å². The number of rotatable bonds is 6. The number of aromatic nitrogens is 1. The van der Waals surface area contributed by atoms with Crippen LogP contribution in [0.5, 0.6) is 5.75 Å². The van der Waals surface area contributed by atoms with Crippen molar-refractivity contribution in [1.29, 1.82) is 0 Å². The molecule has 0 unspecified atom stereocenters. The number of pyridine rings is 1. The highest BCUT2D eigenvalue weighted by molar-refractivity contribution is 5.71. The fraction of sp³-hybridized carbons (Fsp3) is 0.435. The van der Waals surface area contributed by atoms with Crippen molar-refractivity contribution < 1.29 is 23.8 Å². The minimum Gasteiger partial charge on any atom is -0.480 e. The van der Waals surface area contributed by atoms with Gasteiger partial charge in [0, 0.05) is 26.2 Å². The number of hydrogen-bond acceptors (Lipinski definition) is 7. The minimum absolute atomic E-state index is 0.178. The van der Waals surface area contributed by atoms with E-state index in [1.54, 1.807) is 17.2 Å². The van der Waals surface area contributed by atoms with Gasteiger partial charge >= 0.3 is 12.1 Å². The summed E-state index contributed by atoms with van der Waals surface area (Å²) in [5.74, 6) is 0.849. The minimum atomic E-state index is -0.500. The summed E-state index contributed by atoms with van der Waals surface area (Å²) >= 11 is 0. The number of amides is 1. The summed E-state index contributed by atoms with van der Waals surface area (Å²) in [5, 5.41) is 0. The lowest BCUT2D eigenvalue weighted by Crippen LogP contribution is -2.50. The first kappa shape index (κ1) is 22.4. The zero-order valence-electron chi connectivity index (χ0n) is 18.2. The van der Waals surface area contributed by atoms with Crippen LogP contribution in [0.25, 0.3) is 0 Å². The second kappa shape index (κ2) is 10.1. The molecule has 0 N–H and O–H groups in total. The van der Waals surface area contributed by atoms with Gasteiger partial charge in [0.25, 0.3) is 0 Å². The van der Waals surface area contributed by atoms with Crippen LogP contribution in [0.4, 0.5) is 10.6 Å². The van der Waals surface area contributed by atoms with Crippen LogP contribution in [0.2, 0.25) is 0 Å². The van der Waals surface area contributed by atoms with Gasteiger partial charge in [-0.1, -0.05) is 30.3 Å². The number of piperazine rings is 1. The second-order valence-electron chi connectivity index (χ2n) is 8.24. The largest absolute Gasteiger partial charge is 0.480 e. The maximum atomic E-state index is 12.2. The van der Waals surface area contributed by atoms with Crippen molar-refractivity contribution in [2.45, 2.75) is 33.0 Å². The highest BCUT2D eigenvalue weighted by Gasteiger charge is 2.26. The average molecular weight is 428 g/mol. The zero-order valence-corrected chi connectivity index (χ0v) is 18.2. The van der Waals surface area contributed by atoms with Gasteiger partial charge in [0.05, 0.1) is 6.20 Å². The summed E-state index contributed by atoms with van der Waals surface area (Å²) in [5.41, 5.74) is 0.424. The van der Waals surface area contributed by atoms with Crippen molar-refractivity contribution in [3.05, 3.63) is 54.2 Å². The van der Waals surface area contributed by atoms with Crippen molar-refractivity contribution >= 4 is 17.9 Å². The normalized spacial score (nSPS) is 14.2. The molecule has 3 rings (SSSR count). The molecule has 1 saturated heterocycles. The molecule has 0 aliphatic carbocycles. The van der Waals surface area contributed by atoms with E-state index in [-0.39, 0.29) is 19.3 Å². The molecule has 0 radical (unpaired) electrons. The molecule has 0 saturated carbocycles. The number of benzene rings is 1. The van der Waals surface area contributed by atoms with E-state index in [1.165, 1.54) is 0 Å². The Morgan fingerprint density at radius 3 is 2.32 bits per heavy atom. The summed E-state index contributed by atoms with van der Waals surface area (Å²) in [7, 11) is 0. The molecule has 31 heavy (non-hydrogen) atoms. The standard InChI is InChI=1S/C23H29N3O5/c1-23(2,3)31-22(28)26-13-11-25(12-14-26)20-10-9-19(15-24-20)29-17-21(27)30-16-18-7-5-4-6-8-18/h4-10,15H,11-14,16-17H2,1-3H3. The van der Waals surface area contributed by atoms with Crippen LogP contribution in [0.3, 0.4) is 0 Å². The van der Waals surface area contributed by atoms with Crippen LogP contribution in [0.1, 0.15) is 26.3 Å². The number of esters is 1. The molecule has 1 aliphatic rings. The van der Waals surface area contributed by atoms with E-state index in [9.17, 15) is 9.59 Å². The Labute approximate surface area is 182 Å². The van der Waals surface area contributed by atoms with Crippen LogP contribution in [-0.2, 0) is 20.9 Å². The lowest BCUT2D eigenvalue weighted by Gasteiger charge is -2.36. The lowest BCUT2D eigenvalue weighted by molar-refractivity contribution is -0.147. The van der Waals surface area contributed by atoms with E-state index >= 15 is 0 Å². The summed E-state index contributed by atoms with van der Waals surface area (Å²) in [4.78, 5) is 32.3. The van der Waals surface area contributed by atoms with Gasteiger partial charge < -0.3 is 24.0 Å². The Morgan fingerprint density at radius 1 is 1.00 bits per heavy atom. The van der Waals surface area contributed by atoms with Crippen LogP contribution in [0, 0.1) is 0 Å². The molecule has 0 atom stereocenters. The molecule has 0 spiro atoms. The van der Waals surface area contributed by atoms with E-state index in [0.717, 1.165) is 11.4 Å². The summed E-state index contributed by atoms with van der Waals surface area (Å²) in [6, 6.07) is 13.1.